The van der Waals surface area contributed by atoms with Crippen molar-refractivity contribution >= 4 is 17.5 Å². The van der Waals surface area contributed by atoms with Gasteiger partial charge in [-0.15, -0.1) is 0 Å². The van der Waals surface area contributed by atoms with E-state index in [9.17, 15) is 5.11 Å². The number of methoxy groups -OCH3 is 2. The van der Waals surface area contributed by atoms with Crippen molar-refractivity contribution in [1.82, 2.24) is 5.32 Å². The summed E-state index contributed by atoms with van der Waals surface area (Å²) in [6, 6.07) is 11.5. The summed E-state index contributed by atoms with van der Waals surface area (Å²) in [5.41, 5.74) is 9.28. The number of benzene rings is 2. The zero-order valence-electron chi connectivity index (χ0n) is 15.6. The Morgan fingerprint density at radius 2 is 1.89 bits per heavy atom. The highest BCUT2D eigenvalue weighted by Gasteiger charge is 2.28. The van der Waals surface area contributed by atoms with Gasteiger partial charge in [0.05, 0.1) is 14.2 Å². The Morgan fingerprint density at radius 3 is 2.48 bits per heavy atom. The molecule has 0 aromatic heterocycles. The molecule has 0 heterocycles. The molecule has 0 amide bonds. The van der Waals surface area contributed by atoms with E-state index < -0.39 is 6.23 Å². The lowest BCUT2D eigenvalue weighted by atomic mass is 10.00. The largest absolute Gasteiger partial charge is 0.497 e. The van der Waals surface area contributed by atoms with Crippen LogP contribution in [0.1, 0.15) is 35.8 Å². The molecule has 2 aromatic carbocycles. The van der Waals surface area contributed by atoms with Gasteiger partial charge < -0.3 is 20.3 Å². The third-order valence-corrected chi connectivity index (χ3v) is 4.55. The van der Waals surface area contributed by atoms with E-state index in [0.717, 1.165) is 24.2 Å². The summed E-state index contributed by atoms with van der Waals surface area (Å²) in [5.74, 6) is 1.27. The van der Waals surface area contributed by atoms with Crippen LogP contribution in [0.5, 0.6) is 11.5 Å². The molecule has 0 aliphatic heterocycles. The number of rotatable bonds is 8. The van der Waals surface area contributed by atoms with Crippen LogP contribution in [0.4, 0.5) is 5.69 Å². The highest BCUT2D eigenvalue weighted by Crippen LogP contribution is 2.34. The molecule has 0 bridgehead atoms. The first kappa shape index (κ1) is 18.9. The van der Waals surface area contributed by atoms with Gasteiger partial charge in [0.1, 0.15) is 23.3 Å². The predicted molar refractivity (Wildman–Crippen MR) is 107 cm³/mol. The standard InChI is InChI=1S/C21H25N3O3/c1-26-15-8-3-13(4-9-15)5-11-17(22)19-18(23)12-10-16(20(19)27-2)21(25)24-14-6-7-14/h3-5,8-12,14,21-22,24-25H,6-7,23H2,1-2H3/p+1/b11-5+,22-17?. The van der Waals surface area contributed by atoms with Crippen molar-refractivity contribution < 1.29 is 20.0 Å². The molecule has 0 spiro atoms. The van der Waals surface area contributed by atoms with Crippen LogP contribution in [0.25, 0.3) is 6.08 Å². The molecule has 6 nitrogen and oxygen atoms in total. The minimum Gasteiger partial charge on any atom is -0.497 e. The van der Waals surface area contributed by atoms with Gasteiger partial charge in [0.25, 0.3) is 0 Å². The first-order valence-electron chi connectivity index (χ1n) is 8.89. The van der Waals surface area contributed by atoms with E-state index in [4.69, 9.17) is 20.6 Å². The Labute approximate surface area is 159 Å². The second-order valence-electron chi connectivity index (χ2n) is 6.56. The van der Waals surface area contributed by atoms with Crippen molar-refractivity contribution in [3.63, 3.8) is 0 Å². The van der Waals surface area contributed by atoms with Crippen LogP contribution >= 0.6 is 0 Å². The molecule has 1 atom stereocenters. The normalized spacial score (nSPS) is 14.9. The fourth-order valence-electron chi connectivity index (χ4n) is 2.89. The number of nitrogens with one attached hydrogen (secondary N) is 1. The van der Waals surface area contributed by atoms with Crippen LogP contribution in [0.15, 0.2) is 42.5 Å². The van der Waals surface area contributed by atoms with Gasteiger partial charge >= 0.3 is 0 Å². The van der Waals surface area contributed by atoms with E-state index in [-0.39, 0.29) is 0 Å². The van der Waals surface area contributed by atoms with Gasteiger partial charge in [-0.2, -0.15) is 0 Å². The molecule has 6 heteroatoms. The van der Waals surface area contributed by atoms with Gasteiger partial charge in [-0.1, -0.05) is 12.1 Å². The lowest BCUT2D eigenvalue weighted by Gasteiger charge is -2.18. The summed E-state index contributed by atoms with van der Waals surface area (Å²) in [7, 11) is 3.18. The molecule has 1 unspecified atom stereocenters. The summed E-state index contributed by atoms with van der Waals surface area (Å²) in [4.78, 5) is 0. The van der Waals surface area contributed by atoms with Gasteiger partial charge in [0.2, 0.25) is 5.71 Å². The van der Waals surface area contributed by atoms with Crippen LogP contribution in [0.3, 0.4) is 0 Å². The Hall–Kier alpha value is -2.83. The van der Waals surface area contributed by atoms with E-state index in [1.165, 1.54) is 0 Å². The van der Waals surface area contributed by atoms with Gasteiger partial charge in [0, 0.05) is 23.4 Å². The van der Waals surface area contributed by atoms with E-state index >= 15 is 0 Å². The van der Waals surface area contributed by atoms with Gasteiger partial charge in [0.15, 0.2) is 0 Å². The number of hydrogen-bond acceptors (Lipinski definition) is 5. The zero-order valence-corrected chi connectivity index (χ0v) is 15.6. The number of nitrogens with two attached hydrogens (primary N) is 2. The Kier molecular flexibility index (Phi) is 5.78. The molecular weight excluding hydrogens is 342 g/mol. The van der Waals surface area contributed by atoms with Crippen molar-refractivity contribution in [2.75, 3.05) is 20.0 Å². The summed E-state index contributed by atoms with van der Waals surface area (Å²) in [6.07, 6.45) is 4.98. The molecule has 2 aromatic rings. The van der Waals surface area contributed by atoms with Gasteiger partial charge in [-0.3, -0.25) is 10.7 Å². The average Bonchev–Trinajstić information content (AvgIpc) is 3.49. The van der Waals surface area contributed by atoms with Crippen LogP contribution in [-0.4, -0.2) is 31.1 Å². The topological polar surface area (TPSA) is 102 Å². The molecule has 1 aliphatic rings. The quantitative estimate of drug-likeness (QED) is 0.319. The number of hydrogen-bond donors (Lipinski definition) is 4. The maximum atomic E-state index is 10.5. The van der Waals surface area contributed by atoms with E-state index in [1.54, 1.807) is 32.4 Å². The molecule has 1 saturated carbocycles. The van der Waals surface area contributed by atoms with Crippen molar-refractivity contribution in [2.24, 2.45) is 0 Å². The van der Waals surface area contributed by atoms with Crippen molar-refractivity contribution in [3.05, 3.63) is 59.2 Å². The molecule has 6 N–H and O–H groups in total. The molecule has 0 saturated heterocycles. The fraction of sp³-hybridized carbons (Fsp3) is 0.286. The first-order chi connectivity index (χ1) is 13.0. The smallest absolute Gasteiger partial charge is 0.209 e. The van der Waals surface area contributed by atoms with E-state index in [1.807, 2.05) is 30.3 Å². The number of aliphatic hydroxyl groups is 1. The monoisotopic (exact) mass is 368 g/mol. The highest BCUT2D eigenvalue weighted by molar-refractivity contribution is 6.12. The van der Waals surface area contributed by atoms with Crippen LogP contribution in [-0.2, 0) is 0 Å². The SMILES string of the molecule is COc1ccc(/C=C/C(=[NH2+])c2c(N)ccc(C(O)NC3CC3)c2OC)cc1. The number of allylic oxidation sites excluding steroid dienone is 1. The number of nitrogen functional groups attached to an aromatic ring is 1. The minimum atomic E-state index is -0.829. The second-order valence-corrected chi connectivity index (χ2v) is 6.56. The molecule has 142 valence electrons. The van der Waals surface area contributed by atoms with Crippen LogP contribution in [0.2, 0.25) is 0 Å². The number of ether oxygens (including phenoxy) is 2. The van der Waals surface area contributed by atoms with E-state index in [2.05, 4.69) is 5.32 Å². The highest BCUT2D eigenvalue weighted by atomic mass is 16.5. The molecule has 1 fully saturated rings. The summed E-state index contributed by atoms with van der Waals surface area (Å²) < 4.78 is 10.7. The third kappa shape index (κ3) is 4.48. The Morgan fingerprint density at radius 1 is 1.19 bits per heavy atom. The van der Waals surface area contributed by atoms with Crippen LogP contribution < -0.4 is 25.9 Å². The Balaban J connectivity index is 1.86. The average molecular weight is 368 g/mol. The van der Waals surface area contributed by atoms with Crippen molar-refractivity contribution in [1.29, 1.82) is 0 Å². The van der Waals surface area contributed by atoms with E-state index in [0.29, 0.717) is 34.3 Å². The summed E-state index contributed by atoms with van der Waals surface area (Å²) in [6.45, 7) is 0. The maximum Gasteiger partial charge on any atom is 0.209 e. The molecule has 3 rings (SSSR count). The fourth-order valence-corrected chi connectivity index (χ4v) is 2.89. The third-order valence-electron chi connectivity index (χ3n) is 4.55. The summed E-state index contributed by atoms with van der Waals surface area (Å²) in [5, 5.41) is 19.9. The molecule has 27 heavy (non-hydrogen) atoms. The Bertz CT molecular complexity index is 842. The lowest BCUT2D eigenvalue weighted by Crippen LogP contribution is -2.39. The number of aliphatic hydroxyl groups excluding tert-OH is 1. The molecular formula is C21H26N3O3+. The molecule has 1 aliphatic carbocycles. The summed E-state index contributed by atoms with van der Waals surface area (Å²) >= 11 is 0. The van der Waals surface area contributed by atoms with Crippen molar-refractivity contribution in [3.8, 4) is 11.5 Å². The van der Waals surface area contributed by atoms with Gasteiger partial charge in [-0.25, -0.2) is 0 Å². The first-order valence-corrected chi connectivity index (χ1v) is 8.89. The lowest BCUT2D eigenvalue weighted by molar-refractivity contribution is -0.111. The maximum absolute atomic E-state index is 10.5. The van der Waals surface area contributed by atoms with Crippen LogP contribution in [0, 0.1) is 0 Å². The number of anilines is 1. The zero-order chi connectivity index (χ0) is 19.4. The minimum absolute atomic E-state index is 0.349. The van der Waals surface area contributed by atoms with Crippen molar-refractivity contribution in [2.45, 2.75) is 25.1 Å². The van der Waals surface area contributed by atoms with Gasteiger partial charge in [-0.05, 0) is 48.7 Å². The molecule has 0 radical (unpaired) electrons. The predicted octanol–water partition coefficient (Wildman–Crippen LogP) is 1.29. The second kappa shape index (κ2) is 8.24.